The van der Waals surface area contributed by atoms with Crippen LogP contribution in [0.1, 0.15) is 87.6 Å². The van der Waals surface area contributed by atoms with E-state index in [1.807, 2.05) is 30.3 Å². The van der Waals surface area contributed by atoms with Gasteiger partial charge in [-0.25, -0.2) is 0 Å². The summed E-state index contributed by atoms with van der Waals surface area (Å²) >= 11 is 0. The van der Waals surface area contributed by atoms with Crippen LogP contribution < -0.4 is 5.11 Å². The van der Waals surface area contributed by atoms with Gasteiger partial charge in [0.1, 0.15) is 6.54 Å². The van der Waals surface area contributed by atoms with E-state index in [1.54, 1.807) is 0 Å². The van der Waals surface area contributed by atoms with Crippen LogP contribution in [0.25, 0.3) is 0 Å². The minimum Gasteiger partial charge on any atom is -0.545 e. The molecule has 1 fully saturated rings. The SMILES string of the molecule is C[N+](C)(C)CCO.O=C([O-])c1ccc2c(c1)C(=O)N([C@H](CCC1CCCCC1)c1ccccc1)C2=O. The van der Waals surface area contributed by atoms with Gasteiger partial charge in [-0.05, 0) is 42.0 Å². The fourth-order valence-electron chi connectivity index (χ4n) is 4.96. The number of hydrogen-bond acceptors (Lipinski definition) is 5. The fourth-order valence-corrected chi connectivity index (χ4v) is 4.96. The van der Waals surface area contributed by atoms with Crippen LogP contribution in [0.4, 0.5) is 0 Å². The van der Waals surface area contributed by atoms with E-state index in [0.717, 1.165) is 23.0 Å². The predicted molar refractivity (Wildman–Crippen MR) is 136 cm³/mol. The number of aliphatic hydroxyl groups excluding tert-OH is 1. The maximum Gasteiger partial charge on any atom is 0.262 e. The highest BCUT2D eigenvalue weighted by Crippen LogP contribution is 2.37. The zero-order chi connectivity index (χ0) is 26.3. The average molecular weight is 495 g/mol. The Balaban J connectivity index is 0.000000454. The quantitative estimate of drug-likeness (QED) is 0.448. The third-order valence-electron chi connectivity index (χ3n) is 6.99. The number of rotatable bonds is 8. The number of imide groups is 1. The van der Waals surface area contributed by atoms with Crippen molar-refractivity contribution in [2.24, 2.45) is 5.92 Å². The molecule has 36 heavy (non-hydrogen) atoms. The normalized spacial score (nSPS) is 16.8. The van der Waals surface area contributed by atoms with Gasteiger partial charge in [-0.3, -0.25) is 14.5 Å². The third kappa shape index (κ3) is 7.02. The first kappa shape index (κ1) is 27.6. The number of carboxylic acids is 1. The number of carbonyl (C=O) groups is 3. The number of amides is 2. The Morgan fingerprint density at radius 2 is 1.64 bits per heavy atom. The van der Waals surface area contributed by atoms with Crippen molar-refractivity contribution < 1.29 is 29.1 Å². The van der Waals surface area contributed by atoms with Crippen molar-refractivity contribution in [1.29, 1.82) is 0 Å². The number of benzene rings is 2. The summed E-state index contributed by atoms with van der Waals surface area (Å²) in [5, 5.41) is 19.6. The molecule has 1 aliphatic carbocycles. The van der Waals surface area contributed by atoms with E-state index in [1.165, 1.54) is 55.2 Å². The first-order valence-electron chi connectivity index (χ1n) is 12.8. The van der Waals surface area contributed by atoms with Crippen LogP contribution >= 0.6 is 0 Å². The highest BCUT2D eigenvalue weighted by Gasteiger charge is 2.40. The zero-order valence-corrected chi connectivity index (χ0v) is 21.6. The number of aliphatic hydroxyl groups is 1. The lowest BCUT2D eigenvalue weighted by molar-refractivity contribution is -0.870. The molecule has 1 N–H and O–H groups in total. The number of fused-ring (bicyclic) bond motifs is 1. The second-order valence-corrected chi connectivity index (χ2v) is 10.8. The van der Waals surface area contributed by atoms with Crippen LogP contribution in [-0.2, 0) is 0 Å². The Kier molecular flexibility index (Phi) is 9.40. The Hall–Kier alpha value is -3.03. The predicted octanol–water partition coefficient (Wildman–Crippen LogP) is 3.43. The van der Waals surface area contributed by atoms with Gasteiger partial charge in [0.2, 0.25) is 0 Å². The van der Waals surface area contributed by atoms with Crippen molar-refractivity contribution in [2.45, 2.75) is 51.0 Å². The number of carboxylic acid groups (broad SMARTS) is 1. The van der Waals surface area contributed by atoms with E-state index < -0.39 is 11.9 Å². The lowest BCUT2D eigenvalue weighted by Crippen LogP contribution is -2.36. The Bertz CT molecular complexity index is 1060. The molecule has 4 rings (SSSR count). The number of hydrogen-bond donors (Lipinski definition) is 1. The Morgan fingerprint density at radius 3 is 2.19 bits per heavy atom. The number of quaternary nitrogens is 1. The standard InChI is InChI=1S/C24H25NO4.C5H14NO/c26-22-19-13-12-18(24(28)29)15-20(19)23(27)25(22)21(17-9-5-2-6-10-17)14-11-16-7-3-1-4-8-16;1-6(2,3)4-5-7/h2,5-6,9-10,12-13,15-16,21H,1,3-4,7-8,11,14H2,(H,28,29);7H,4-5H2,1-3H3/q;+1/p-1/t21-;/m1./s1. The Labute approximate surface area is 213 Å². The lowest BCUT2D eigenvalue weighted by Gasteiger charge is -2.29. The van der Waals surface area contributed by atoms with Crippen LogP contribution in [0, 0.1) is 5.92 Å². The largest absolute Gasteiger partial charge is 0.545 e. The summed E-state index contributed by atoms with van der Waals surface area (Å²) in [5.41, 5.74) is 1.25. The minimum absolute atomic E-state index is 0.0924. The molecule has 1 atom stereocenters. The molecule has 0 aromatic heterocycles. The van der Waals surface area contributed by atoms with Gasteiger partial charge in [-0.2, -0.15) is 0 Å². The molecule has 2 aromatic carbocycles. The van der Waals surface area contributed by atoms with Gasteiger partial charge in [0.15, 0.2) is 0 Å². The summed E-state index contributed by atoms with van der Waals surface area (Å²) in [5.74, 6) is -1.50. The second-order valence-electron chi connectivity index (χ2n) is 10.8. The van der Waals surface area contributed by atoms with E-state index in [4.69, 9.17) is 5.11 Å². The summed E-state index contributed by atoms with van der Waals surface area (Å²) in [4.78, 5) is 38.7. The van der Waals surface area contributed by atoms with Gasteiger partial charge in [-0.15, -0.1) is 0 Å². The Morgan fingerprint density at radius 1 is 1.00 bits per heavy atom. The highest BCUT2D eigenvalue weighted by molar-refractivity contribution is 6.22. The molecule has 2 aliphatic rings. The highest BCUT2D eigenvalue weighted by atomic mass is 16.4. The second kappa shape index (κ2) is 12.3. The van der Waals surface area contributed by atoms with Gasteiger partial charge in [-0.1, -0.05) is 68.5 Å². The first-order chi connectivity index (χ1) is 17.1. The van der Waals surface area contributed by atoms with Gasteiger partial charge in [0.25, 0.3) is 11.8 Å². The van der Waals surface area contributed by atoms with Crippen molar-refractivity contribution in [3.63, 3.8) is 0 Å². The molecule has 0 bridgehead atoms. The summed E-state index contributed by atoms with van der Waals surface area (Å²) in [6.07, 6.45) is 7.89. The number of likely N-dealkylation sites (N-methyl/N-ethyl adjacent to an activating group) is 1. The molecule has 0 saturated heterocycles. The van der Waals surface area contributed by atoms with E-state index in [2.05, 4.69) is 21.1 Å². The van der Waals surface area contributed by atoms with E-state index in [-0.39, 0.29) is 35.2 Å². The number of aromatic carboxylic acids is 1. The van der Waals surface area contributed by atoms with E-state index in [9.17, 15) is 19.5 Å². The molecule has 1 heterocycles. The average Bonchev–Trinajstić information content (AvgIpc) is 3.10. The topological polar surface area (TPSA) is 97.7 Å². The molecule has 0 unspecified atom stereocenters. The van der Waals surface area contributed by atoms with Crippen molar-refractivity contribution >= 4 is 17.8 Å². The van der Waals surface area contributed by atoms with Gasteiger partial charge < -0.3 is 19.5 Å². The van der Waals surface area contributed by atoms with Crippen molar-refractivity contribution in [2.75, 3.05) is 34.3 Å². The van der Waals surface area contributed by atoms with E-state index in [0.29, 0.717) is 12.3 Å². The smallest absolute Gasteiger partial charge is 0.262 e. The molecule has 0 radical (unpaired) electrons. The first-order valence-corrected chi connectivity index (χ1v) is 12.8. The van der Waals surface area contributed by atoms with E-state index >= 15 is 0 Å². The fraction of sp³-hybridized carbons (Fsp3) is 0.483. The summed E-state index contributed by atoms with van der Waals surface area (Å²) in [6.45, 7) is 1.11. The van der Waals surface area contributed by atoms with Gasteiger partial charge in [0, 0.05) is 0 Å². The van der Waals surface area contributed by atoms with Gasteiger partial charge >= 0.3 is 0 Å². The molecular weight excluding hydrogens is 456 g/mol. The molecule has 1 saturated carbocycles. The summed E-state index contributed by atoms with van der Waals surface area (Å²) in [6, 6.07) is 13.3. The number of nitrogens with zero attached hydrogens (tertiary/aromatic N) is 2. The van der Waals surface area contributed by atoms with Crippen LogP contribution in [0.15, 0.2) is 48.5 Å². The maximum atomic E-state index is 13.1. The van der Waals surface area contributed by atoms with Crippen LogP contribution in [0.5, 0.6) is 0 Å². The van der Waals surface area contributed by atoms with Crippen LogP contribution in [-0.4, -0.2) is 66.6 Å². The molecule has 0 spiro atoms. The van der Waals surface area contributed by atoms with Crippen molar-refractivity contribution in [3.05, 3.63) is 70.8 Å². The maximum absolute atomic E-state index is 13.1. The molecule has 7 heteroatoms. The zero-order valence-electron chi connectivity index (χ0n) is 21.6. The van der Waals surface area contributed by atoms with Gasteiger partial charge in [0.05, 0.1) is 50.9 Å². The monoisotopic (exact) mass is 494 g/mol. The van der Waals surface area contributed by atoms with Crippen LogP contribution in [0.3, 0.4) is 0 Å². The lowest BCUT2D eigenvalue weighted by atomic mass is 9.84. The minimum atomic E-state index is -1.36. The summed E-state index contributed by atoms with van der Waals surface area (Å²) < 4.78 is 0.844. The molecule has 1 aliphatic heterocycles. The van der Waals surface area contributed by atoms with Crippen LogP contribution in [0.2, 0.25) is 0 Å². The third-order valence-corrected chi connectivity index (χ3v) is 6.99. The van der Waals surface area contributed by atoms with Crippen molar-refractivity contribution in [3.8, 4) is 0 Å². The molecule has 2 amide bonds. The molecule has 194 valence electrons. The summed E-state index contributed by atoms with van der Waals surface area (Å²) in [7, 11) is 6.16. The number of carbonyl (C=O) groups excluding carboxylic acids is 3. The molecular formula is C29H38N2O5. The molecule has 2 aromatic rings. The van der Waals surface area contributed by atoms with Crippen molar-refractivity contribution in [1.82, 2.24) is 4.90 Å². The molecule has 7 nitrogen and oxygen atoms in total.